The molecule has 0 aliphatic rings. The average molecular weight is 111 g/mol. The van der Waals surface area contributed by atoms with Crippen LogP contribution in [0.4, 0.5) is 0 Å². The molecule has 8 heavy (non-hydrogen) atoms. The molecule has 0 aromatic carbocycles. The predicted molar refractivity (Wildman–Crippen MR) is 38.5 cm³/mol. The normalized spacial score (nSPS) is 15.6. The molecule has 0 saturated carbocycles. The molecule has 47 valence electrons. The molecule has 0 fully saturated rings. The first-order valence-electron chi connectivity index (χ1n) is 3.14. The van der Waals surface area contributed by atoms with Crippen LogP contribution >= 0.6 is 0 Å². The molecule has 0 heteroatoms. The van der Waals surface area contributed by atoms with Crippen molar-refractivity contribution in [3.8, 4) is 0 Å². The Bertz CT molecular complexity index is 70.1. The van der Waals surface area contributed by atoms with Gasteiger partial charge in [0.1, 0.15) is 0 Å². The molecule has 0 aliphatic carbocycles. The summed E-state index contributed by atoms with van der Waals surface area (Å²) in [5.41, 5.74) is 0. The summed E-state index contributed by atoms with van der Waals surface area (Å²) in [5, 5.41) is 0. The van der Waals surface area contributed by atoms with Crippen LogP contribution in [0.25, 0.3) is 0 Å². The van der Waals surface area contributed by atoms with E-state index < -0.39 is 0 Å². The molecule has 0 nitrogen and oxygen atoms in total. The van der Waals surface area contributed by atoms with E-state index in [1.165, 1.54) is 0 Å². The second-order valence-corrected chi connectivity index (χ2v) is 2.53. The minimum Gasteiger partial charge on any atom is -0.0880 e. The van der Waals surface area contributed by atoms with Crippen LogP contribution in [0.3, 0.4) is 0 Å². The van der Waals surface area contributed by atoms with Crippen molar-refractivity contribution in [3.05, 3.63) is 19.1 Å². The third-order valence-corrected chi connectivity index (χ3v) is 1.49. The SMILES string of the molecule is [CH2]C=CC(C)C(C)C. The van der Waals surface area contributed by atoms with Crippen molar-refractivity contribution >= 4 is 0 Å². The Labute approximate surface area is 52.6 Å². The van der Waals surface area contributed by atoms with Gasteiger partial charge >= 0.3 is 0 Å². The third-order valence-electron chi connectivity index (χ3n) is 1.49. The van der Waals surface area contributed by atoms with Crippen LogP contribution in [0.15, 0.2) is 12.2 Å². The van der Waals surface area contributed by atoms with Gasteiger partial charge in [-0.1, -0.05) is 32.9 Å². The highest BCUT2D eigenvalue weighted by molar-refractivity contribution is 4.89. The summed E-state index contributed by atoms with van der Waals surface area (Å²) in [5.74, 6) is 1.42. The minimum absolute atomic E-state index is 0.674. The number of allylic oxidation sites excluding steroid dienone is 2. The van der Waals surface area contributed by atoms with Gasteiger partial charge in [0.15, 0.2) is 0 Å². The van der Waals surface area contributed by atoms with Gasteiger partial charge in [-0.2, -0.15) is 0 Å². The summed E-state index contributed by atoms with van der Waals surface area (Å²) in [4.78, 5) is 0. The van der Waals surface area contributed by atoms with Crippen molar-refractivity contribution < 1.29 is 0 Å². The Morgan fingerprint density at radius 2 is 1.75 bits per heavy atom. The van der Waals surface area contributed by atoms with Crippen LogP contribution in [0.1, 0.15) is 20.8 Å². The zero-order valence-corrected chi connectivity index (χ0v) is 6.02. The van der Waals surface area contributed by atoms with Crippen LogP contribution in [0.2, 0.25) is 0 Å². The fourth-order valence-electron chi connectivity index (χ4n) is 0.437. The maximum Gasteiger partial charge on any atom is -0.0239 e. The second kappa shape index (κ2) is 3.71. The maximum atomic E-state index is 3.63. The lowest BCUT2D eigenvalue weighted by Gasteiger charge is -2.08. The third kappa shape index (κ3) is 2.84. The van der Waals surface area contributed by atoms with Crippen LogP contribution in [0.5, 0.6) is 0 Å². The maximum absolute atomic E-state index is 3.63. The Hall–Kier alpha value is -0.260. The zero-order chi connectivity index (χ0) is 6.57. The van der Waals surface area contributed by atoms with Crippen LogP contribution in [-0.2, 0) is 0 Å². The van der Waals surface area contributed by atoms with Gasteiger partial charge in [0.25, 0.3) is 0 Å². The molecular weight excluding hydrogens is 96.1 g/mol. The van der Waals surface area contributed by atoms with E-state index in [0.29, 0.717) is 5.92 Å². The summed E-state index contributed by atoms with van der Waals surface area (Å²) < 4.78 is 0. The molecular formula is C8H15. The Kier molecular flexibility index (Phi) is 3.59. The highest BCUT2D eigenvalue weighted by Crippen LogP contribution is 2.09. The van der Waals surface area contributed by atoms with Crippen molar-refractivity contribution in [2.24, 2.45) is 11.8 Å². The van der Waals surface area contributed by atoms with Gasteiger partial charge in [0, 0.05) is 0 Å². The van der Waals surface area contributed by atoms with Gasteiger partial charge in [-0.25, -0.2) is 0 Å². The zero-order valence-electron chi connectivity index (χ0n) is 6.02. The van der Waals surface area contributed by atoms with E-state index in [2.05, 4.69) is 33.8 Å². The standard InChI is InChI=1S/C8H15/c1-5-6-8(4)7(2)3/h5-8H,1H2,2-4H3. The minimum atomic E-state index is 0.674. The number of hydrogen-bond donors (Lipinski definition) is 0. The van der Waals surface area contributed by atoms with Gasteiger partial charge in [-0.05, 0) is 18.8 Å². The average Bonchev–Trinajstić information content (AvgIpc) is 1.67. The van der Waals surface area contributed by atoms with Gasteiger partial charge in [0.2, 0.25) is 0 Å². The molecule has 0 saturated heterocycles. The van der Waals surface area contributed by atoms with Crippen LogP contribution in [-0.4, -0.2) is 0 Å². The smallest absolute Gasteiger partial charge is 0.0239 e. The van der Waals surface area contributed by atoms with E-state index in [1.807, 2.05) is 6.08 Å². The van der Waals surface area contributed by atoms with Gasteiger partial charge in [-0.3, -0.25) is 0 Å². The quantitative estimate of drug-likeness (QED) is 0.514. The molecule has 0 rings (SSSR count). The molecule has 0 amide bonds. The van der Waals surface area contributed by atoms with Gasteiger partial charge in [0.05, 0.1) is 0 Å². The topological polar surface area (TPSA) is 0 Å². The van der Waals surface area contributed by atoms with E-state index in [-0.39, 0.29) is 0 Å². The predicted octanol–water partition coefficient (Wildman–Crippen LogP) is 2.67. The highest BCUT2D eigenvalue weighted by atomic mass is 14.0. The molecule has 1 radical (unpaired) electrons. The second-order valence-electron chi connectivity index (χ2n) is 2.53. The lowest BCUT2D eigenvalue weighted by atomic mass is 9.98. The number of hydrogen-bond acceptors (Lipinski definition) is 0. The molecule has 1 atom stereocenters. The molecule has 0 aliphatic heterocycles. The van der Waals surface area contributed by atoms with Crippen molar-refractivity contribution in [3.63, 3.8) is 0 Å². The largest absolute Gasteiger partial charge is 0.0880 e. The van der Waals surface area contributed by atoms with Crippen LogP contribution < -0.4 is 0 Å². The van der Waals surface area contributed by atoms with Gasteiger partial charge < -0.3 is 0 Å². The monoisotopic (exact) mass is 111 g/mol. The Morgan fingerprint density at radius 3 is 1.88 bits per heavy atom. The van der Waals surface area contributed by atoms with E-state index >= 15 is 0 Å². The van der Waals surface area contributed by atoms with E-state index in [9.17, 15) is 0 Å². The highest BCUT2D eigenvalue weighted by Gasteiger charge is 1.99. The Morgan fingerprint density at radius 1 is 1.25 bits per heavy atom. The molecule has 0 N–H and O–H groups in total. The lowest BCUT2D eigenvalue weighted by Crippen LogP contribution is -1.98. The summed E-state index contributed by atoms with van der Waals surface area (Å²) in [6.45, 7) is 10.3. The van der Waals surface area contributed by atoms with Crippen molar-refractivity contribution in [2.75, 3.05) is 0 Å². The van der Waals surface area contributed by atoms with Gasteiger partial charge in [-0.15, -0.1) is 0 Å². The van der Waals surface area contributed by atoms with E-state index in [4.69, 9.17) is 0 Å². The summed E-state index contributed by atoms with van der Waals surface area (Å²) in [6, 6.07) is 0. The van der Waals surface area contributed by atoms with E-state index in [1.54, 1.807) is 0 Å². The fraction of sp³-hybridized carbons (Fsp3) is 0.625. The summed E-state index contributed by atoms with van der Waals surface area (Å²) in [7, 11) is 0. The first-order chi connectivity index (χ1) is 3.68. The van der Waals surface area contributed by atoms with Crippen LogP contribution in [0, 0.1) is 18.8 Å². The first-order valence-corrected chi connectivity index (χ1v) is 3.14. The number of rotatable bonds is 2. The molecule has 1 unspecified atom stereocenters. The summed E-state index contributed by atoms with van der Waals surface area (Å²) >= 11 is 0. The van der Waals surface area contributed by atoms with Crippen molar-refractivity contribution in [1.82, 2.24) is 0 Å². The van der Waals surface area contributed by atoms with Crippen molar-refractivity contribution in [1.29, 1.82) is 0 Å². The first kappa shape index (κ1) is 7.74. The lowest BCUT2D eigenvalue weighted by molar-refractivity contribution is 0.504. The van der Waals surface area contributed by atoms with E-state index in [0.717, 1.165) is 5.92 Å². The summed E-state index contributed by atoms with van der Waals surface area (Å²) in [6.07, 6.45) is 4.00. The molecule has 0 heterocycles. The Balaban J connectivity index is 3.47. The molecule has 0 aromatic heterocycles. The molecule has 0 spiro atoms. The molecule has 0 bridgehead atoms. The van der Waals surface area contributed by atoms with Crippen molar-refractivity contribution in [2.45, 2.75) is 20.8 Å². The fourth-order valence-corrected chi connectivity index (χ4v) is 0.437. The molecule has 0 aromatic rings.